The van der Waals surface area contributed by atoms with Crippen LogP contribution in [0.2, 0.25) is 0 Å². The Morgan fingerprint density at radius 2 is 2.05 bits per heavy atom. The topological polar surface area (TPSA) is 49.7 Å². The van der Waals surface area contributed by atoms with Crippen LogP contribution in [0.4, 0.5) is 0 Å². The van der Waals surface area contributed by atoms with Crippen molar-refractivity contribution in [2.75, 3.05) is 6.61 Å². The molecule has 0 heterocycles. The van der Waals surface area contributed by atoms with E-state index in [0.717, 1.165) is 18.4 Å². The summed E-state index contributed by atoms with van der Waals surface area (Å²) in [4.78, 5) is 0. The van der Waals surface area contributed by atoms with E-state index in [-0.39, 0.29) is 18.1 Å². The number of aliphatic hydroxyl groups is 2. The molecule has 0 spiro atoms. The number of hydrogen-bond acceptors (Lipinski definition) is 3. The van der Waals surface area contributed by atoms with Crippen molar-refractivity contribution in [3.63, 3.8) is 0 Å². The lowest BCUT2D eigenvalue weighted by Gasteiger charge is -2.52. The van der Waals surface area contributed by atoms with Crippen LogP contribution in [-0.2, 0) is 11.3 Å². The highest BCUT2D eigenvalue weighted by Gasteiger charge is 2.50. The quantitative estimate of drug-likeness (QED) is 0.829. The fourth-order valence-electron chi connectivity index (χ4n) is 3.08. The number of ether oxygens (including phenoxy) is 1. The fraction of sp³-hybridized carbons (Fsp3) is 0.625. The normalized spacial score (nSPS) is 29.6. The van der Waals surface area contributed by atoms with Crippen molar-refractivity contribution in [2.24, 2.45) is 11.3 Å². The van der Waals surface area contributed by atoms with Gasteiger partial charge in [-0.15, -0.1) is 0 Å². The lowest BCUT2D eigenvalue weighted by Crippen LogP contribution is -2.52. The molecule has 0 radical (unpaired) electrons. The predicted molar refractivity (Wildman–Crippen MR) is 74.6 cm³/mol. The Balaban J connectivity index is 1.88. The first-order valence-electron chi connectivity index (χ1n) is 7.02. The molecule has 4 atom stereocenters. The molecule has 3 heteroatoms. The monoisotopic (exact) mass is 264 g/mol. The van der Waals surface area contributed by atoms with E-state index in [1.54, 1.807) is 0 Å². The average molecular weight is 264 g/mol. The van der Waals surface area contributed by atoms with Crippen LogP contribution >= 0.6 is 0 Å². The van der Waals surface area contributed by atoms with Crippen LogP contribution in [0.25, 0.3) is 0 Å². The summed E-state index contributed by atoms with van der Waals surface area (Å²) in [6, 6.07) is 10.1. The minimum atomic E-state index is -0.644. The Morgan fingerprint density at radius 1 is 1.37 bits per heavy atom. The molecule has 0 aliphatic heterocycles. The van der Waals surface area contributed by atoms with Gasteiger partial charge in [0.25, 0.3) is 0 Å². The van der Waals surface area contributed by atoms with E-state index in [1.807, 2.05) is 25.1 Å². The molecule has 0 saturated heterocycles. The number of aliphatic hydroxyl groups excluding tert-OH is 2. The lowest BCUT2D eigenvalue weighted by atomic mass is 9.56. The van der Waals surface area contributed by atoms with Crippen molar-refractivity contribution in [3.8, 4) is 0 Å². The zero-order chi connectivity index (χ0) is 13.9. The Hall–Kier alpha value is -0.900. The highest BCUT2D eigenvalue weighted by atomic mass is 16.5. The summed E-state index contributed by atoms with van der Waals surface area (Å²) >= 11 is 0. The largest absolute Gasteiger partial charge is 0.394 e. The molecular weight excluding hydrogens is 240 g/mol. The predicted octanol–water partition coefficient (Wildman–Crippen LogP) is 2.36. The van der Waals surface area contributed by atoms with Crippen molar-refractivity contribution in [1.29, 1.82) is 0 Å². The van der Waals surface area contributed by atoms with Crippen LogP contribution < -0.4 is 0 Å². The molecule has 0 bridgehead atoms. The van der Waals surface area contributed by atoms with Gasteiger partial charge in [0.2, 0.25) is 0 Å². The average Bonchev–Trinajstić information content (AvgIpc) is 2.43. The van der Waals surface area contributed by atoms with Gasteiger partial charge in [-0.05, 0) is 31.2 Å². The van der Waals surface area contributed by atoms with Gasteiger partial charge in [-0.2, -0.15) is 0 Å². The number of hydrogen-bond donors (Lipinski definition) is 2. The van der Waals surface area contributed by atoms with Crippen LogP contribution in [0.1, 0.15) is 32.3 Å². The number of benzene rings is 1. The van der Waals surface area contributed by atoms with E-state index >= 15 is 0 Å². The van der Waals surface area contributed by atoms with Gasteiger partial charge in [0, 0.05) is 5.41 Å². The summed E-state index contributed by atoms with van der Waals surface area (Å²) in [7, 11) is 0. The van der Waals surface area contributed by atoms with Crippen LogP contribution in [0.5, 0.6) is 0 Å². The third-order valence-electron chi connectivity index (χ3n) is 4.70. The van der Waals surface area contributed by atoms with Crippen LogP contribution in [0, 0.1) is 11.3 Å². The molecule has 3 nitrogen and oxygen atoms in total. The maximum absolute atomic E-state index is 9.94. The third kappa shape index (κ3) is 2.99. The molecule has 2 N–H and O–H groups in total. The smallest absolute Gasteiger partial charge is 0.0827 e. The van der Waals surface area contributed by atoms with Gasteiger partial charge in [-0.25, -0.2) is 0 Å². The highest BCUT2D eigenvalue weighted by Crippen LogP contribution is 2.51. The van der Waals surface area contributed by atoms with E-state index in [9.17, 15) is 5.11 Å². The minimum absolute atomic E-state index is 0.0974. The van der Waals surface area contributed by atoms with Gasteiger partial charge >= 0.3 is 0 Å². The molecule has 19 heavy (non-hydrogen) atoms. The molecule has 0 aromatic heterocycles. The Kier molecular flexibility index (Phi) is 4.61. The number of rotatable bonds is 6. The summed E-state index contributed by atoms with van der Waals surface area (Å²) in [5, 5.41) is 19.1. The van der Waals surface area contributed by atoms with Gasteiger partial charge in [0.1, 0.15) is 0 Å². The molecule has 106 valence electrons. The van der Waals surface area contributed by atoms with E-state index in [0.29, 0.717) is 12.5 Å². The molecule has 1 aliphatic carbocycles. The Morgan fingerprint density at radius 3 is 2.58 bits per heavy atom. The summed E-state index contributed by atoms with van der Waals surface area (Å²) < 4.78 is 5.93. The van der Waals surface area contributed by atoms with Gasteiger partial charge in [0.15, 0.2) is 0 Å². The fourth-order valence-corrected chi connectivity index (χ4v) is 3.08. The third-order valence-corrected chi connectivity index (χ3v) is 4.70. The van der Waals surface area contributed by atoms with E-state index in [2.05, 4.69) is 19.1 Å². The van der Waals surface area contributed by atoms with E-state index in [1.165, 1.54) is 0 Å². The van der Waals surface area contributed by atoms with Crippen molar-refractivity contribution < 1.29 is 14.9 Å². The van der Waals surface area contributed by atoms with Gasteiger partial charge in [-0.1, -0.05) is 37.3 Å². The molecule has 0 unspecified atom stereocenters. The first kappa shape index (κ1) is 14.5. The second kappa shape index (κ2) is 6.04. The van der Waals surface area contributed by atoms with Crippen LogP contribution in [-0.4, -0.2) is 29.0 Å². The van der Waals surface area contributed by atoms with Crippen molar-refractivity contribution >= 4 is 0 Å². The highest BCUT2D eigenvalue weighted by molar-refractivity contribution is 5.13. The molecule has 1 aromatic rings. The molecule has 2 rings (SSSR count). The second-order valence-electron chi connectivity index (χ2n) is 5.85. The van der Waals surface area contributed by atoms with Gasteiger partial charge in [-0.3, -0.25) is 0 Å². The second-order valence-corrected chi connectivity index (χ2v) is 5.85. The van der Waals surface area contributed by atoms with E-state index < -0.39 is 6.10 Å². The Labute approximate surface area is 115 Å². The van der Waals surface area contributed by atoms with E-state index in [4.69, 9.17) is 9.84 Å². The zero-order valence-corrected chi connectivity index (χ0v) is 11.7. The molecule has 1 aliphatic rings. The van der Waals surface area contributed by atoms with Crippen molar-refractivity contribution in [2.45, 2.75) is 45.5 Å². The zero-order valence-electron chi connectivity index (χ0n) is 11.7. The van der Waals surface area contributed by atoms with Crippen LogP contribution in [0.3, 0.4) is 0 Å². The minimum Gasteiger partial charge on any atom is -0.394 e. The lowest BCUT2D eigenvalue weighted by molar-refractivity contribution is -0.148. The summed E-state index contributed by atoms with van der Waals surface area (Å²) in [6.45, 7) is 4.54. The summed E-state index contributed by atoms with van der Waals surface area (Å²) in [5.74, 6) is 0.318. The summed E-state index contributed by atoms with van der Waals surface area (Å²) in [6.07, 6.45) is 1.47. The van der Waals surface area contributed by atoms with Crippen LogP contribution in [0.15, 0.2) is 30.3 Å². The molecule has 1 aromatic carbocycles. The van der Waals surface area contributed by atoms with Crippen molar-refractivity contribution in [1.82, 2.24) is 0 Å². The standard InChI is InChI=1S/C16H24O3/c1-12(19-11-13-6-4-3-5-7-13)14-8-9-16(14,2)15(18)10-17/h3-7,12,14-15,17-18H,8-11H2,1-2H3/t12-,14+,15+,16-/m0/s1. The molecule has 1 saturated carbocycles. The Bertz CT molecular complexity index is 392. The molecular formula is C16H24O3. The van der Waals surface area contributed by atoms with Gasteiger partial charge in [0.05, 0.1) is 25.4 Å². The maximum Gasteiger partial charge on any atom is 0.0827 e. The first-order chi connectivity index (χ1) is 9.08. The van der Waals surface area contributed by atoms with Crippen molar-refractivity contribution in [3.05, 3.63) is 35.9 Å². The molecule has 0 amide bonds. The molecule has 1 fully saturated rings. The first-order valence-corrected chi connectivity index (χ1v) is 7.02. The SMILES string of the molecule is C[C@H](OCc1ccccc1)[C@H]1CC[C@]1(C)[C@H](O)CO. The maximum atomic E-state index is 9.94. The van der Waals surface area contributed by atoms with Gasteiger partial charge < -0.3 is 14.9 Å². The summed E-state index contributed by atoms with van der Waals surface area (Å²) in [5.41, 5.74) is 0.961.